The van der Waals surface area contributed by atoms with Gasteiger partial charge in [0.2, 0.25) is 0 Å². The highest BCUT2D eigenvalue weighted by atomic mass is 16.6. The molecule has 0 aliphatic heterocycles. The fourth-order valence-corrected chi connectivity index (χ4v) is 2.72. The summed E-state index contributed by atoms with van der Waals surface area (Å²) in [4.78, 5) is 23.1. The van der Waals surface area contributed by atoms with Gasteiger partial charge >= 0.3 is 0 Å². The maximum Gasteiger partial charge on any atom is 0.273 e. The molecule has 108 valence electrons. The monoisotopic (exact) mass is 283 g/mol. The van der Waals surface area contributed by atoms with Crippen LogP contribution in [0.5, 0.6) is 0 Å². The Morgan fingerprint density at radius 1 is 1.10 bits per heavy atom. The first-order chi connectivity index (χ1) is 9.90. The number of hydrogen-bond acceptors (Lipinski definition) is 3. The summed E-state index contributed by atoms with van der Waals surface area (Å²) in [6, 6.07) is 10.3. The van der Waals surface area contributed by atoms with Crippen molar-refractivity contribution in [2.24, 2.45) is 0 Å². The number of aryl methyl sites for hydroxylation is 3. The highest BCUT2D eigenvalue weighted by Crippen LogP contribution is 2.23. The van der Waals surface area contributed by atoms with Crippen molar-refractivity contribution in [3.8, 4) is 0 Å². The van der Waals surface area contributed by atoms with Crippen molar-refractivity contribution in [2.75, 3.05) is 0 Å². The molecule has 4 nitrogen and oxygen atoms in total. The fourth-order valence-electron chi connectivity index (χ4n) is 2.72. The minimum absolute atomic E-state index is 0.00623. The summed E-state index contributed by atoms with van der Waals surface area (Å²) in [6.45, 7) is 5.77. The van der Waals surface area contributed by atoms with Crippen molar-refractivity contribution in [1.82, 2.24) is 0 Å². The lowest BCUT2D eigenvalue weighted by Gasteiger charge is -2.10. The molecule has 0 aromatic heterocycles. The van der Waals surface area contributed by atoms with E-state index in [1.54, 1.807) is 18.2 Å². The Hall–Kier alpha value is -2.49. The molecule has 0 aliphatic carbocycles. The summed E-state index contributed by atoms with van der Waals surface area (Å²) in [5.74, 6) is -0.0840. The predicted molar refractivity (Wildman–Crippen MR) is 81.8 cm³/mol. The van der Waals surface area contributed by atoms with Gasteiger partial charge in [0, 0.05) is 23.6 Å². The first-order valence-corrected chi connectivity index (χ1v) is 6.73. The molecule has 2 aromatic rings. The van der Waals surface area contributed by atoms with Crippen LogP contribution < -0.4 is 0 Å². The number of hydrogen-bond donors (Lipinski definition) is 0. The van der Waals surface area contributed by atoms with Crippen LogP contribution in [0.15, 0.2) is 36.4 Å². The predicted octanol–water partition coefficient (Wildman–Crippen LogP) is 3.95. The molecular formula is C17H17NO3. The molecule has 0 aliphatic rings. The number of para-hydroxylation sites is 1. The normalized spacial score (nSPS) is 10.4. The van der Waals surface area contributed by atoms with Gasteiger partial charge in [-0.05, 0) is 31.9 Å². The summed E-state index contributed by atoms with van der Waals surface area (Å²) < 4.78 is 0. The van der Waals surface area contributed by atoms with E-state index in [0.29, 0.717) is 11.1 Å². The van der Waals surface area contributed by atoms with E-state index in [-0.39, 0.29) is 17.9 Å². The zero-order valence-corrected chi connectivity index (χ0v) is 12.3. The molecule has 0 radical (unpaired) electrons. The Morgan fingerprint density at radius 3 is 2.24 bits per heavy atom. The van der Waals surface area contributed by atoms with Crippen molar-refractivity contribution < 1.29 is 9.72 Å². The van der Waals surface area contributed by atoms with Crippen LogP contribution in [0.25, 0.3) is 0 Å². The maximum absolute atomic E-state index is 12.5. The largest absolute Gasteiger partial charge is 0.294 e. The Balaban J connectivity index is 2.38. The third-order valence-corrected chi connectivity index (χ3v) is 3.50. The van der Waals surface area contributed by atoms with E-state index < -0.39 is 4.92 Å². The molecule has 0 fully saturated rings. The van der Waals surface area contributed by atoms with Crippen LogP contribution in [0.4, 0.5) is 5.69 Å². The molecule has 0 unspecified atom stereocenters. The van der Waals surface area contributed by atoms with Crippen LogP contribution in [0.1, 0.15) is 32.6 Å². The number of benzene rings is 2. The van der Waals surface area contributed by atoms with E-state index in [2.05, 4.69) is 0 Å². The quantitative estimate of drug-likeness (QED) is 0.485. The second-order valence-corrected chi connectivity index (χ2v) is 5.26. The smallest absolute Gasteiger partial charge is 0.273 e. The topological polar surface area (TPSA) is 60.2 Å². The van der Waals surface area contributed by atoms with Crippen molar-refractivity contribution >= 4 is 11.5 Å². The van der Waals surface area contributed by atoms with E-state index in [0.717, 1.165) is 16.7 Å². The zero-order chi connectivity index (χ0) is 15.6. The number of nitrogens with zero attached hydrogens (tertiary/aromatic N) is 1. The lowest BCUT2D eigenvalue weighted by molar-refractivity contribution is -0.385. The van der Waals surface area contributed by atoms with Gasteiger partial charge in [-0.25, -0.2) is 0 Å². The molecule has 0 N–H and O–H groups in total. The molecule has 2 rings (SSSR count). The number of nitro groups is 1. The van der Waals surface area contributed by atoms with Crippen LogP contribution in [0.2, 0.25) is 0 Å². The van der Waals surface area contributed by atoms with Gasteiger partial charge in [0.15, 0.2) is 5.78 Å². The van der Waals surface area contributed by atoms with Crippen LogP contribution in [-0.2, 0) is 6.42 Å². The molecule has 0 bridgehead atoms. The number of carbonyl (C=O) groups excluding carboxylic acids is 1. The average Bonchev–Trinajstić information content (AvgIpc) is 2.37. The number of ketones is 1. The third kappa shape index (κ3) is 3.16. The minimum Gasteiger partial charge on any atom is -0.294 e. The van der Waals surface area contributed by atoms with E-state index in [4.69, 9.17) is 0 Å². The Labute approximate surface area is 123 Å². The molecule has 21 heavy (non-hydrogen) atoms. The molecule has 0 saturated heterocycles. The molecule has 0 heterocycles. The summed E-state index contributed by atoms with van der Waals surface area (Å²) in [5.41, 5.74) is 4.04. The van der Waals surface area contributed by atoms with Crippen LogP contribution >= 0.6 is 0 Å². The third-order valence-electron chi connectivity index (χ3n) is 3.50. The van der Waals surface area contributed by atoms with Gasteiger partial charge in [0.25, 0.3) is 5.69 Å². The van der Waals surface area contributed by atoms with Crippen LogP contribution in [0, 0.1) is 30.9 Å². The van der Waals surface area contributed by atoms with E-state index in [9.17, 15) is 14.9 Å². The van der Waals surface area contributed by atoms with E-state index in [1.807, 2.05) is 32.9 Å². The van der Waals surface area contributed by atoms with Crippen LogP contribution in [-0.4, -0.2) is 10.7 Å². The zero-order valence-electron chi connectivity index (χ0n) is 12.3. The molecule has 4 heteroatoms. The van der Waals surface area contributed by atoms with E-state index >= 15 is 0 Å². The number of carbonyl (C=O) groups is 1. The number of nitro benzene ring substituents is 1. The van der Waals surface area contributed by atoms with Crippen molar-refractivity contribution in [1.29, 1.82) is 0 Å². The Bertz CT molecular complexity index is 697. The summed E-state index contributed by atoms with van der Waals surface area (Å²) >= 11 is 0. The SMILES string of the molecule is Cc1cc(C)c(C(=O)Cc2ccccc2[N+](=O)[O-])c(C)c1. The highest BCUT2D eigenvalue weighted by Gasteiger charge is 2.19. The van der Waals surface area contributed by atoms with Crippen molar-refractivity contribution in [3.05, 3.63) is 74.3 Å². The van der Waals surface area contributed by atoms with Crippen LogP contribution in [0.3, 0.4) is 0 Å². The van der Waals surface area contributed by atoms with Gasteiger partial charge in [-0.2, -0.15) is 0 Å². The molecule has 0 atom stereocenters. The Morgan fingerprint density at radius 2 is 1.67 bits per heavy atom. The van der Waals surface area contributed by atoms with Gasteiger partial charge in [-0.3, -0.25) is 14.9 Å². The number of rotatable bonds is 4. The molecule has 0 saturated carbocycles. The van der Waals surface area contributed by atoms with Gasteiger partial charge in [0.1, 0.15) is 0 Å². The maximum atomic E-state index is 12.5. The van der Waals surface area contributed by atoms with Gasteiger partial charge < -0.3 is 0 Å². The summed E-state index contributed by atoms with van der Waals surface area (Å²) in [7, 11) is 0. The fraction of sp³-hybridized carbons (Fsp3) is 0.235. The first-order valence-electron chi connectivity index (χ1n) is 6.73. The summed E-state index contributed by atoms with van der Waals surface area (Å²) in [5, 5.41) is 11.0. The van der Waals surface area contributed by atoms with Gasteiger partial charge in [0.05, 0.1) is 4.92 Å². The Kier molecular flexibility index (Phi) is 4.17. The highest BCUT2D eigenvalue weighted by molar-refractivity contribution is 6.00. The minimum atomic E-state index is -0.447. The van der Waals surface area contributed by atoms with Gasteiger partial charge in [-0.15, -0.1) is 0 Å². The average molecular weight is 283 g/mol. The molecule has 2 aromatic carbocycles. The number of Topliss-reactive ketones (excluding diaryl/α,β-unsaturated/α-hetero) is 1. The standard InChI is InChI=1S/C17H17NO3/c1-11-8-12(2)17(13(3)9-11)16(19)10-14-6-4-5-7-15(14)18(20)21/h4-9H,10H2,1-3H3. The second kappa shape index (κ2) is 5.87. The van der Waals surface area contributed by atoms with Crippen molar-refractivity contribution in [3.63, 3.8) is 0 Å². The van der Waals surface area contributed by atoms with Gasteiger partial charge in [-0.1, -0.05) is 35.9 Å². The molecule has 0 spiro atoms. The molecule has 0 amide bonds. The molecular weight excluding hydrogens is 266 g/mol. The van der Waals surface area contributed by atoms with Crippen molar-refractivity contribution in [2.45, 2.75) is 27.2 Å². The lowest BCUT2D eigenvalue weighted by Crippen LogP contribution is -2.09. The summed E-state index contributed by atoms with van der Waals surface area (Å²) in [6.07, 6.45) is 0.0435. The second-order valence-electron chi connectivity index (χ2n) is 5.26. The first kappa shape index (κ1) is 14.9. The van der Waals surface area contributed by atoms with E-state index in [1.165, 1.54) is 6.07 Å². The lowest BCUT2D eigenvalue weighted by atomic mass is 9.93.